The van der Waals surface area contributed by atoms with Gasteiger partial charge < -0.3 is 15.6 Å². The number of imidazole rings is 1. The van der Waals surface area contributed by atoms with Crippen LogP contribution in [0.15, 0.2) is 6.33 Å². The highest BCUT2D eigenvalue weighted by Crippen LogP contribution is 2.31. The van der Waals surface area contributed by atoms with E-state index in [1.807, 2.05) is 6.33 Å². The Bertz CT molecular complexity index is 311. The molecular formula is C9H14N4. The monoisotopic (exact) mass is 178 g/mol. The van der Waals surface area contributed by atoms with Crippen molar-refractivity contribution in [2.75, 3.05) is 19.6 Å². The van der Waals surface area contributed by atoms with Gasteiger partial charge in [0.15, 0.2) is 0 Å². The number of fused-ring (bicyclic) bond motifs is 2. The number of aromatic amines is 1. The van der Waals surface area contributed by atoms with Gasteiger partial charge in [0.1, 0.15) is 0 Å². The molecule has 4 heteroatoms. The Labute approximate surface area is 77.1 Å². The van der Waals surface area contributed by atoms with Crippen LogP contribution in [-0.2, 0) is 12.0 Å². The molecule has 0 saturated carbocycles. The molecule has 1 saturated heterocycles. The van der Waals surface area contributed by atoms with E-state index in [-0.39, 0.29) is 5.54 Å². The SMILES string of the molecule is c1nc2c([nH]1)CCNC21CCNC1. The quantitative estimate of drug-likeness (QED) is 0.513. The third-order valence-electron chi connectivity index (χ3n) is 3.17. The van der Waals surface area contributed by atoms with Crippen LogP contribution in [0, 0.1) is 0 Å². The average Bonchev–Trinajstić information content (AvgIpc) is 2.74. The van der Waals surface area contributed by atoms with Gasteiger partial charge in [0.25, 0.3) is 0 Å². The molecule has 13 heavy (non-hydrogen) atoms. The van der Waals surface area contributed by atoms with Gasteiger partial charge in [-0.25, -0.2) is 4.98 Å². The van der Waals surface area contributed by atoms with E-state index < -0.39 is 0 Å². The fourth-order valence-corrected chi connectivity index (χ4v) is 2.48. The molecule has 3 N–H and O–H groups in total. The van der Waals surface area contributed by atoms with Crippen LogP contribution in [0.5, 0.6) is 0 Å². The van der Waals surface area contributed by atoms with Crippen molar-refractivity contribution in [3.63, 3.8) is 0 Å². The van der Waals surface area contributed by atoms with Gasteiger partial charge in [-0.3, -0.25) is 0 Å². The van der Waals surface area contributed by atoms with Gasteiger partial charge in [-0.15, -0.1) is 0 Å². The maximum atomic E-state index is 4.43. The predicted octanol–water partition coefficient (Wildman–Crippen LogP) is -0.256. The molecule has 3 heterocycles. The summed E-state index contributed by atoms with van der Waals surface area (Å²) in [5.74, 6) is 0. The average molecular weight is 178 g/mol. The molecular weight excluding hydrogens is 164 g/mol. The number of hydrogen-bond donors (Lipinski definition) is 3. The minimum absolute atomic E-state index is 0.133. The van der Waals surface area contributed by atoms with E-state index in [9.17, 15) is 0 Å². The van der Waals surface area contributed by atoms with Gasteiger partial charge in [-0.05, 0) is 13.0 Å². The van der Waals surface area contributed by atoms with Crippen LogP contribution < -0.4 is 10.6 Å². The molecule has 0 amide bonds. The fourth-order valence-electron chi connectivity index (χ4n) is 2.48. The molecule has 0 aromatic carbocycles. The van der Waals surface area contributed by atoms with Gasteiger partial charge >= 0.3 is 0 Å². The van der Waals surface area contributed by atoms with E-state index in [0.29, 0.717) is 0 Å². The largest absolute Gasteiger partial charge is 0.348 e. The summed E-state index contributed by atoms with van der Waals surface area (Å²) in [4.78, 5) is 7.66. The molecule has 0 aliphatic carbocycles. The van der Waals surface area contributed by atoms with E-state index in [1.54, 1.807) is 0 Å². The lowest BCUT2D eigenvalue weighted by molar-refractivity contribution is 0.336. The molecule has 3 rings (SSSR count). The van der Waals surface area contributed by atoms with Gasteiger partial charge in [0.2, 0.25) is 0 Å². The first kappa shape index (κ1) is 7.53. The molecule has 1 spiro atoms. The van der Waals surface area contributed by atoms with E-state index in [2.05, 4.69) is 20.6 Å². The van der Waals surface area contributed by atoms with Crippen LogP contribution in [0.4, 0.5) is 0 Å². The molecule has 4 nitrogen and oxygen atoms in total. The number of H-pyrrole nitrogens is 1. The van der Waals surface area contributed by atoms with Crippen molar-refractivity contribution in [3.05, 3.63) is 17.7 Å². The number of aromatic nitrogens is 2. The lowest BCUT2D eigenvalue weighted by Crippen LogP contribution is -2.49. The van der Waals surface area contributed by atoms with Gasteiger partial charge in [0.05, 0.1) is 17.6 Å². The number of nitrogens with one attached hydrogen (secondary N) is 3. The van der Waals surface area contributed by atoms with Crippen LogP contribution >= 0.6 is 0 Å². The Balaban J connectivity index is 2.08. The molecule has 1 fully saturated rings. The van der Waals surface area contributed by atoms with Crippen molar-refractivity contribution < 1.29 is 0 Å². The third kappa shape index (κ3) is 0.957. The first-order valence-electron chi connectivity index (χ1n) is 4.89. The normalized spacial score (nSPS) is 32.3. The van der Waals surface area contributed by atoms with E-state index >= 15 is 0 Å². The second-order valence-electron chi connectivity index (χ2n) is 3.92. The van der Waals surface area contributed by atoms with E-state index in [1.165, 1.54) is 11.4 Å². The van der Waals surface area contributed by atoms with Gasteiger partial charge in [0, 0.05) is 25.2 Å². The van der Waals surface area contributed by atoms with Crippen LogP contribution in [0.25, 0.3) is 0 Å². The third-order valence-corrected chi connectivity index (χ3v) is 3.17. The number of nitrogens with zero attached hydrogens (tertiary/aromatic N) is 1. The Morgan fingerprint density at radius 1 is 1.38 bits per heavy atom. The molecule has 0 bridgehead atoms. The van der Waals surface area contributed by atoms with Crippen molar-refractivity contribution in [2.45, 2.75) is 18.4 Å². The Hall–Kier alpha value is -0.870. The van der Waals surface area contributed by atoms with Crippen molar-refractivity contribution in [2.24, 2.45) is 0 Å². The number of rotatable bonds is 0. The minimum atomic E-state index is 0.133. The highest BCUT2D eigenvalue weighted by Gasteiger charge is 2.40. The van der Waals surface area contributed by atoms with E-state index in [4.69, 9.17) is 0 Å². The molecule has 2 aliphatic rings. The molecule has 70 valence electrons. The van der Waals surface area contributed by atoms with Crippen molar-refractivity contribution in [3.8, 4) is 0 Å². The van der Waals surface area contributed by atoms with Crippen LogP contribution in [0.1, 0.15) is 17.8 Å². The Morgan fingerprint density at radius 3 is 3.23 bits per heavy atom. The van der Waals surface area contributed by atoms with Crippen molar-refractivity contribution >= 4 is 0 Å². The summed E-state index contributed by atoms with van der Waals surface area (Å²) in [6, 6.07) is 0. The topological polar surface area (TPSA) is 52.7 Å². The fraction of sp³-hybridized carbons (Fsp3) is 0.667. The zero-order chi connectivity index (χ0) is 8.73. The summed E-state index contributed by atoms with van der Waals surface area (Å²) in [7, 11) is 0. The molecule has 2 aliphatic heterocycles. The standard InChI is InChI=1S/C9H14N4/c1-3-13-9(2-4-10-5-9)8-7(1)11-6-12-8/h6,10,13H,1-5H2,(H,11,12). The molecule has 0 radical (unpaired) electrons. The Kier molecular flexibility index (Phi) is 1.48. The molecule has 1 aromatic rings. The summed E-state index contributed by atoms with van der Waals surface area (Å²) in [5, 5.41) is 6.99. The maximum Gasteiger partial charge on any atom is 0.0926 e. The summed E-state index contributed by atoms with van der Waals surface area (Å²) < 4.78 is 0. The van der Waals surface area contributed by atoms with Gasteiger partial charge in [-0.2, -0.15) is 0 Å². The Morgan fingerprint density at radius 2 is 2.38 bits per heavy atom. The van der Waals surface area contributed by atoms with Crippen LogP contribution in [0.3, 0.4) is 0 Å². The lowest BCUT2D eigenvalue weighted by atomic mass is 9.89. The van der Waals surface area contributed by atoms with Crippen LogP contribution in [0.2, 0.25) is 0 Å². The summed E-state index contributed by atoms with van der Waals surface area (Å²) >= 11 is 0. The van der Waals surface area contributed by atoms with Gasteiger partial charge in [-0.1, -0.05) is 0 Å². The summed E-state index contributed by atoms with van der Waals surface area (Å²) in [6.07, 6.45) is 4.06. The molecule has 1 unspecified atom stereocenters. The summed E-state index contributed by atoms with van der Waals surface area (Å²) in [5.41, 5.74) is 2.69. The maximum absolute atomic E-state index is 4.43. The second kappa shape index (κ2) is 2.56. The minimum Gasteiger partial charge on any atom is -0.348 e. The van der Waals surface area contributed by atoms with E-state index in [0.717, 1.165) is 32.5 Å². The second-order valence-corrected chi connectivity index (χ2v) is 3.92. The van der Waals surface area contributed by atoms with Crippen molar-refractivity contribution in [1.82, 2.24) is 20.6 Å². The molecule has 1 atom stereocenters. The first-order valence-corrected chi connectivity index (χ1v) is 4.89. The highest BCUT2D eigenvalue weighted by molar-refractivity contribution is 5.27. The highest BCUT2D eigenvalue weighted by atomic mass is 15.1. The lowest BCUT2D eigenvalue weighted by Gasteiger charge is -2.32. The zero-order valence-electron chi connectivity index (χ0n) is 7.56. The van der Waals surface area contributed by atoms with Crippen molar-refractivity contribution in [1.29, 1.82) is 0 Å². The zero-order valence-corrected chi connectivity index (χ0v) is 7.56. The predicted molar refractivity (Wildman–Crippen MR) is 49.5 cm³/mol. The first-order chi connectivity index (χ1) is 6.41. The van der Waals surface area contributed by atoms with Crippen LogP contribution in [-0.4, -0.2) is 29.6 Å². The smallest absolute Gasteiger partial charge is 0.0926 e. The molecule has 1 aromatic heterocycles. The summed E-state index contributed by atoms with van der Waals surface area (Å²) in [6.45, 7) is 3.18. The number of hydrogen-bond acceptors (Lipinski definition) is 3.